The quantitative estimate of drug-likeness (QED) is 0.818. The highest BCUT2D eigenvalue weighted by molar-refractivity contribution is 7.89. The van der Waals surface area contributed by atoms with Gasteiger partial charge in [-0.2, -0.15) is 0 Å². The molecule has 2 aliphatic rings. The Balaban J connectivity index is 2.01. The second kappa shape index (κ2) is 6.52. The van der Waals surface area contributed by atoms with Crippen molar-refractivity contribution in [1.29, 1.82) is 0 Å². The monoisotopic (exact) mass is 290 g/mol. The lowest BCUT2D eigenvalue weighted by molar-refractivity contribution is 0.125. The van der Waals surface area contributed by atoms with Crippen molar-refractivity contribution in [3.05, 3.63) is 0 Å². The normalized spacial score (nSPS) is 32.9. The maximum Gasteiger partial charge on any atom is 0.216 e. The van der Waals surface area contributed by atoms with Gasteiger partial charge in [-0.15, -0.1) is 0 Å². The van der Waals surface area contributed by atoms with E-state index in [9.17, 15) is 8.42 Å². The Kier molecular flexibility index (Phi) is 5.22. The zero-order valence-corrected chi connectivity index (χ0v) is 12.6. The van der Waals surface area contributed by atoms with Gasteiger partial charge in [0.05, 0.1) is 11.9 Å². The summed E-state index contributed by atoms with van der Waals surface area (Å²) in [7, 11) is -1.52. The summed E-state index contributed by atoms with van der Waals surface area (Å²) in [5, 5.41) is 0. The van der Waals surface area contributed by atoms with Gasteiger partial charge >= 0.3 is 0 Å². The lowest BCUT2D eigenvalue weighted by atomic mass is 9.85. The fourth-order valence-corrected chi connectivity index (χ4v) is 4.93. The lowest BCUT2D eigenvalue weighted by Gasteiger charge is -2.37. The van der Waals surface area contributed by atoms with Gasteiger partial charge in [0.2, 0.25) is 10.0 Å². The Morgan fingerprint density at radius 2 is 1.95 bits per heavy atom. The van der Waals surface area contributed by atoms with E-state index in [1.165, 1.54) is 0 Å². The van der Waals surface area contributed by atoms with E-state index in [1.54, 1.807) is 11.4 Å². The van der Waals surface area contributed by atoms with Gasteiger partial charge in [0.25, 0.3) is 0 Å². The van der Waals surface area contributed by atoms with Crippen LogP contribution in [0.3, 0.4) is 0 Å². The molecule has 6 heteroatoms. The van der Waals surface area contributed by atoms with Crippen molar-refractivity contribution in [2.24, 2.45) is 11.7 Å². The summed E-state index contributed by atoms with van der Waals surface area (Å²) in [6.07, 6.45) is 5.95. The van der Waals surface area contributed by atoms with E-state index in [4.69, 9.17) is 10.5 Å². The van der Waals surface area contributed by atoms with Gasteiger partial charge in [-0.25, -0.2) is 12.7 Å². The minimum Gasteiger partial charge on any atom is -0.377 e. The Labute approximate surface area is 116 Å². The molecule has 0 bridgehead atoms. The number of rotatable bonds is 5. The van der Waals surface area contributed by atoms with Crippen molar-refractivity contribution >= 4 is 10.0 Å². The number of nitrogens with two attached hydrogens (primary N) is 1. The van der Waals surface area contributed by atoms with E-state index in [2.05, 4.69) is 0 Å². The average molecular weight is 290 g/mol. The molecule has 0 aromatic heterocycles. The van der Waals surface area contributed by atoms with E-state index < -0.39 is 10.0 Å². The standard InChI is InChI=1S/C13H26N2O3S/c1-15(13-7-3-2-5-11(13)9-14)19(16,17)10-12-6-4-8-18-12/h11-13H,2-10,14H2,1H3. The average Bonchev–Trinajstić information content (AvgIpc) is 2.89. The van der Waals surface area contributed by atoms with Crippen LogP contribution in [0.5, 0.6) is 0 Å². The first-order chi connectivity index (χ1) is 9.04. The van der Waals surface area contributed by atoms with Gasteiger partial charge in [0.15, 0.2) is 0 Å². The molecule has 5 nitrogen and oxygen atoms in total. The van der Waals surface area contributed by atoms with Crippen molar-refractivity contribution in [1.82, 2.24) is 4.31 Å². The van der Waals surface area contributed by atoms with E-state index in [-0.39, 0.29) is 17.9 Å². The summed E-state index contributed by atoms with van der Waals surface area (Å²) in [6, 6.07) is 0.0742. The SMILES string of the molecule is CN(C1CCCCC1CN)S(=O)(=O)CC1CCCO1. The molecule has 0 aromatic rings. The van der Waals surface area contributed by atoms with Crippen LogP contribution in [0.1, 0.15) is 38.5 Å². The van der Waals surface area contributed by atoms with Crippen molar-refractivity contribution in [3.63, 3.8) is 0 Å². The molecular weight excluding hydrogens is 264 g/mol. The summed E-state index contributed by atoms with van der Waals surface area (Å²) < 4.78 is 31.9. The minimum atomic E-state index is -3.23. The third-order valence-corrected chi connectivity index (χ3v) is 6.44. The summed E-state index contributed by atoms with van der Waals surface area (Å²) >= 11 is 0. The third-order valence-electron chi connectivity index (χ3n) is 4.50. The van der Waals surface area contributed by atoms with Crippen LogP contribution in [0.25, 0.3) is 0 Å². The molecular formula is C13H26N2O3S. The van der Waals surface area contributed by atoms with Gasteiger partial charge < -0.3 is 10.5 Å². The molecule has 1 saturated carbocycles. The highest BCUT2D eigenvalue weighted by atomic mass is 32.2. The predicted octanol–water partition coefficient (Wildman–Crippen LogP) is 0.945. The molecule has 2 fully saturated rings. The van der Waals surface area contributed by atoms with Crippen LogP contribution in [0.15, 0.2) is 0 Å². The van der Waals surface area contributed by atoms with E-state index in [1.807, 2.05) is 0 Å². The highest BCUT2D eigenvalue weighted by Crippen LogP contribution is 2.29. The molecule has 1 aliphatic heterocycles. The van der Waals surface area contributed by atoms with Crippen LogP contribution < -0.4 is 5.73 Å². The molecule has 0 aromatic carbocycles. The first kappa shape index (κ1) is 15.2. The minimum absolute atomic E-state index is 0.0742. The van der Waals surface area contributed by atoms with Crippen molar-refractivity contribution in [2.45, 2.75) is 50.7 Å². The molecule has 19 heavy (non-hydrogen) atoms. The lowest BCUT2D eigenvalue weighted by Crippen LogP contribution is -2.47. The molecule has 1 saturated heterocycles. The van der Waals surface area contributed by atoms with Crippen molar-refractivity contribution in [2.75, 3.05) is 26.0 Å². The number of ether oxygens (including phenoxy) is 1. The summed E-state index contributed by atoms with van der Waals surface area (Å²) in [6.45, 7) is 1.27. The topological polar surface area (TPSA) is 72.6 Å². The van der Waals surface area contributed by atoms with Crippen LogP contribution in [0.2, 0.25) is 0 Å². The van der Waals surface area contributed by atoms with Crippen molar-refractivity contribution in [3.8, 4) is 0 Å². The summed E-state index contributed by atoms with van der Waals surface area (Å²) in [5.41, 5.74) is 5.79. The first-order valence-electron chi connectivity index (χ1n) is 7.32. The molecule has 3 unspecified atom stereocenters. The maximum atomic E-state index is 12.5. The number of hydrogen-bond donors (Lipinski definition) is 1. The van der Waals surface area contributed by atoms with Gasteiger partial charge in [-0.3, -0.25) is 0 Å². The molecule has 3 atom stereocenters. The van der Waals surface area contributed by atoms with Crippen molar-refractivity contribution < 1.29 is 13.2 Å². The Bertz CT molecular complexity index is 379. The zero-order chi connectivity index (χ0) is 13.9. The van der Waals surface area contributed by atoms with Gasteiger partial charge in [0.1, 0.15) is 0 Å². The fraction of sp³-hybridized carbons (Fsp3) is 1.00. The predicted molar refractivity (Wildman–Crippen MR) is 75.3 cm³/mol. The largest absolute Gasteiger partial charge is 0.377 e. The van der Waals surface area contributed by atoms with E-state index >= 15 is 0 Å². The van der Waals surface area contributed by atoms with Gasteiger partial charge in [-0.05, 0) is 38.1 Å². The fourth-order valence-electron chi connectivity index (χ4n) is 3.28. The van der Waals surface area contributed by atoms with Crippen LogP contribution in [0, 0.1) is 5.92 Å². The second-order valence-electron chi connectivity index (χ2n) is 5.78. The maximum absolute atomic E-state index is 12.5. The molecule has 2 N–H and O–H groups in total. The molecule has 0 radical (unpaired) electrons. The summed E-state index contributed by atoms with van der Waals surface area (Å²) in [5.74, 6) is 0.426. The van der Waals surface area contributed by atoms with Gasteiger partial charge in [-0.1, -0.05) is 12.8 Å². The number of nitrogens with zero attached hydrogens (tertiary/aromatic N) is 1. The van der Waals surface area contributed by atoms with Gasteiger partial charge in [0, 0.05) is 19.7 Å². The highest BCUT2D eigenvalue weighted by Gasteiger charge is 2.35. The molecule has 1 heterocycles. The van der Waals surface area contributed by atoms with E-state index in [0.29, 0.717) is 19.1 Å². The molecule has 1 aliphatic carbocycles. The molecule has 112 valence electrons. The van der Waals surface area contributed by atoms with Crippen LogP contribution in [0.4, 0.5) is 0 Å². The molecule has 0 amide bonds. The van der Waals surface area contributed by atoms with Crippen LogP contribution in [-0.2, 0) is 14.8 Å². The van der Waals surface area contributed by atoms with E-state index in [0.717, 1.165) is 38.5 Å². The Hall–Kier alpha value is -0.170. The molecule has 0 spiro atoms. The smallest absolute Gasteiger partial charge is 0.216 e. The summed E-state index contributed by atoms with van der Waals surface area (Å²) in [4.78, 5) is 0. The molecule has 2 rings (SSSR count). The number of sulfonamides is 1. The number of hydrogen-bond acceptors (Lipinski definition) is 4. The zero-order valence-electron chi connectivity index (χ0n) is 11.8. The second-order valence-corrected chi connectivity index (χ2v) is 7.85. The van der Waals surface area contributed by atoms with Crippen LogP contribution >= 0.6 is 0 Å². The Morgan fingerprint density at radius 3 is 2.58 bits per heavy atom. The Morgan fingerprint density at radius 1 is 1.21 bits per heavy atom. The third kappa shape index (κ3) is 3.68. The van der Waals surface area contributed by atoms with Crippen LogP contribution in [-0.4, -0.2) is 50.8 Å². The first-order valence-corrected chi connectivity index (χ1v) is 8.93.